The first kappa shape index (κ1) is 15.6. The molecule has 0 N–H and O–H groups in total. The molecule has 0 saturated heterocycles. The van der Waals surface area contributed by atoms with E-state index in [2.05, 4.69) is 34.6 Å². The van der Waals surface area contributed by atoms with Crippen LogP contribution in [0.1, 0.15) is 23.3 Å². The van der Waals surface area contributed by atoms with Crippen molar-refractivity contribution in [3.63, 3.8) is 0 Å². The van der Waals surface area contributed by atoms with E-state index in [0.717, 1.165) is 22.2 Å². The number of methoxy groups -OCH3 is 1. The Morgan fingerprint density at radius 3 is 2.65 bits per heavy atom. The molecule has 6 heteroatoms. The Morgan fingerprint density at radius 2 is 1.91 bits per heavy atom. The van der Waals surface area contributed by atoms with Crippen molar-refractivity contribution in [2.75, 3.05) is 7.11 Å². The van der Waals surface area contributed by atoms with Gasteiger partial charge in [-0.3, -0.25) is 0 Å². The zero-order valence-electron chi connectivity index (χ0n) is 13.3. The van der Waals surface area contributed by atoms with E-state index >= 15 is 0 Å². The van der Waals surface area contributed by atoms with Gasteiger partial charge in [-0.25, -0.2) is 0 Å². The van der Waals surface area contributed by atoms with Gasteiger partial charge in [-0.2, -0.15) is 4.68 Å². The van der Waals surface area contributed by atoms with E-state index in [1.807, 2.05) is 43.3 Å². The molecular weight excluding hydrogens is 308 g/mol. The van der Waals surface area contributed by atoms with Crippen LogP contribution >= 0.6 is 11.8 Å². The summed E-state index contributed by atoms with van der Waals surface area (Å²) in [5.74, 6) is 0.747. The predicted octanol–water partition coefficient (Wildman–Crippen LogP) is 3.83. The second-order valence-electron chi connectivity index (χ2n) is 5.22. The predicted molar refractivity (Wildman–Crippen MR) is 91.2 cm³/mol. The van der Waals surface area contributed by atoms with Crippen molar-refractivity contribution in [2.24, 2.45) is 0 Å². The lowest BCUT2D eigenvalue weighted by Gasteiger charge is -2.13. The van der Waals surface area contributed by atoms with Crippen LogP contribution in [-0.4, -0.2) is 27.3 Å². The minimum absolute atomic E-state index is 0.247. The summed E-state index contributed by atoms with van der Waals surface area (Å²) < 4.78 is 7.18. The third-order valence-corrected chi connectivity index (χ3v) is 4.65. The highest BCUT2D eigenvalue weighted by Gasteiger charge is 2.17. The number of benzene rings is 2. The fraction of sp³-hybridized carbons (Fsp3) is 0.235. The maximum atomic E-state index is 5.44. The zero-order chi connectivity index (χ0) is 16.2. The van der Waals surface area contributed by atoms with Crippen molar-refractivity contribution in [1.82, 2.24) is 20.2 Å². The topological polar surface area (TPSA) is 52.8 Å². The van der Waals surface area contributed by atoms with Crippen LogP contribution in [0.4, 0.5) is 0 Å². The van der Waals surface area contributed by atoms with Gasteiger partial charge in [0.05, 0.1) is 7.11 Å². The summed E-state index contributed by atoms with van der Waals surface area (Å²) in [4.78, 5) is 0. The van der Waals surface area contributed by atoms with Gasteiger partial charge in [0, 0.05) is 5.25 Å². The molecule has 0 aliphatic carbocycles. The fourth-order valence-electron chi connectivity index (χ4n) is 2.32. The van der Waals surface area contributed by atoms with Crippen molar-refractivity contribution in [3.8, 4) is 11.4 Å². The molecule has 1 atom stereocenters. The van der Waals surface area contributed by atoms with E-state index in [0.29, 0.717) is 0 Å². The number of hydrogen-bond donors (Lipinski definition) is 0. The van der Waals surface area contributed by atoms with Crippen molar-refractivity contribution in [2.45, 2.75) is 24.3 Å². The van der Waals surface area contributed by atoms with Crippen molar-refractivity contribution in [1.29, 1.82) is 0 Å². The van der Waals surface area contributed by atoms with Crippen molar-refractivity contribution < 1.29 is 4.74 Å². The molecule has 0 aliphatic rings. The molecule has 3 aromatic rings. The quantitative estimate of drug-likeness (QED) is 0.667. The van der Waals surface area contributed by atoms with E-state index in [1.165, 1.54) is 5.56 Å². The van der Waals surface area contributed by atoms with Gasteiger partial charge >= 0.3 is 0 Å². The molecule has 3 rings (SSSR count). The average Bonchev–Trinajstić information content (AvgIpc) is 3.03. The molecule has 23 heavy (non-hydrogen) atoms. The first-order valence-corrected chi connectivity index (χ1v) is 8.22. The molecule has 5 nitrogen and oxygen atoms in total. The van der Waals surface area contributed by atoms with Gasteiger partial charge in [0.25, 0.3) is 0 Å². The number of thioether (sulfide) groups is 1. The average molecular weight is 326 g/mol. The number of rotatable bonds is 5. The standard InChI is InChI=1S/C17H18N4OS/c1-12-9-10-16(22-3)15(11-12)21-17(18-19-20-21)23-13(2)14-7-5-4-6-8-14/h4-11,13H,1-3H3/t13-/m1/s1. The van der Waals surface area contributed by atoms with Gasteiger partial charge in [-0.05, 0) is 47.5 Å². The number of tetrazole rings is 1. The minimum atomic E-state index is 0.247. The van der Waals surface area contributed by atoms with Crippen LogP contribution < -0.4 is 4.74 Å². The maximum Gasteiger partial charge on any atom is 0.214 e. The molecule has 2 aromatic carbocycles. The normalized spacial score (nSPS) is 12.1. The summed E-state index contributed by atoms with van der Waals surface area (Å²) in [6.07, 6.45) is 0. The first-order valence-electron chi connectivity index (χ1n) is 7.34. The molecule has 0 bridgehead atoms. The molecule has 0 amide bonds. The molecular formula is C17H18N4OS. The molecule has 1 aromatic heterocycles. The van der Waals surface area contributed by atoms with E-state index in [9.17, 15) is 0 Å². The molecule has 0 radical (unpaired) electrons. The van der Waals surface area contributed by atoms with Gasteiger partial charge in [0.2, 0.25) is 5.16 Å². The highest BCUT2D eigenvalue weighted by molar-refractivity contribution is 7.99. The molecule has 0 saturated carbocycles. The third-order valence-electron chi connectivity index (χ3n) is 3.55. The third kappa shape index (κ3) is 3.37. The maximum absolute atomic E-state index is 5.44. The number of aryl methyl sites for hydroxylation is 1. The number of aromatic nitrogens is 4. The van der Waals surface area contributed by atoms with Crippen LogP contribution in [0.25, 0.3) is 5.69 Å². The summed E-state index contributed by atoms with van der Waals surface area (Å²) in [6, 6.07) is 16.3. The number of hydrogen-bond acceptors (Lipinski definition) is 5. The lowest BCUT2D eigenvalue weighted by atomic mass is 10.2. The minimum Gasteiger partial charge on any atom is -0.494 e. The highest BCUT2D eigenvalue weighted by Crippen LogP contribution is 2.35. The smallest absolute Gasteiger partial charge is 0.214 e. The lowest BCUT2D eigenvalue weighted by molar-refractivity contribution is 0.410. The van der Waals surface area contributed by atoms with E-state index < -0.39 is 0 Å². The first-order chi connectivity index (χ1) is 11.2. The second-order valence-corrected chi connectivity index (χ2v) is 6.53. The Bertz CT molecular complexity index is 788. The van der Waals surface area contributed by atoms with E-state index in [4.69, 9.17) is 4.74 Å². The van der Waals surface area contributed by atoms with Crippen LogP contribution in [0.3, 0.4) is 0 Å². The summed E-state index contributed by atoms with van der Waals surface area (Å²) in [7, 11) is 1.65. The Kier molecular flexibility index (Phi) is 4.62. The molecule has 1 heterocycles. The largest absolute Gasteiger partial charge is 0.494 e. The zero-order valence-corrected chi connectivity index (χ0v) is 14.1. The highest BCUT2D eigenvalue weighted by atomic mass is 32.2. The molecule has 0 fully saturated rings. The van der Waals surface area contributed by atoms with E-state index in [-0.39, 0.29) is 5.25 Å². The second kappa shape index (κ2) is 6.83. The van der Waals surface area contributed by atoms with Gasteiger partial charge in [0.15, 0.2) is 0 Å². The fourth-order valence-corrected chi connectivity index (χ4v) is 3.25. The van der Waals surface area contributed by atoms with Crippen LogP contribution in [0, 0.1) is 6.92 Å². The van der Waals surface area contributed by atoms with Crippen LogP contribution in [0.5, 0.6) is 5.75 Å². The van der Waals surface area contributed by atoms with Crippen molar-refractivity contribution in [3.05, 3.63) is 59.7 Å². The molecule has 0 spiro atoms. The molecule has 0 aliphatic heterocycles. The molecule has 0 unspecified atom stereocenters. The summed E-state index contributed by atoms with van der Waals surface area (Å²) in [5, 5.41) is 13.1. The Labute approximate surface area is 139 Å². The monoisotopic (exact) mass is 326 g/mol. The van der Waals surface area contributed by atoms with Gasteiger partial charge in [-0.1, -0.05) is 48.2 Å². The summed E-state index contributed by atoms with van der Waals surface area (Å²) in [6.45, 7) is 4.18. The van der Waals surface area contributed by atoms with Crippen LogP contribution in [-0.2, 0) is 0 Å². The number of nitrogens with zero attached hydrogens (tertiary/aromatic N) is 4. The van der Waals surface area contributed by atoms with Gasteiger partial charge < -0.3 is 4.74 Å². The Morgan fingerprint density at radius 1 is 1.13 bits per heavy atom. The number of ether oxygens (including phenoxy) is 1. The van der Waals surface area contributed by atoms with Crippen molar-refractivity contribution >= 4 is 11.8 Å². The summed E-state index contributed by atoms with van der Waals surface area (Å²) >= 11 is 1.62. The van der Waals surface area contributed by atoms with Crippen LogP contribution in [0.15, 0.2) is 53.7 Å². The van der Waals surface area contributed by atoms with Crippen LogP contribution in [0.2, 0.25) is 0 Å². The SMILES string of the molecule is COc1ccc(C)cc1-n1nnnc1S[C@H](C)c1ccccc1. The Hall–Kier alpha value is -2.34. The van der Waals surface area contributed by atoms with Gasteiger partial charge in [-0.15, -0.1) is 5.10 Å². The van der Waals surface area contributed by atoms with E-state index in [1.54, 1.807) is 23.6 Å². The molecule has 118 valence electrons. The lowest BCUT2D eigenvalue weighted by Crippen LogP contribution is -2.03. The Balaban J connectivity index is 1.93. The summed E-state index contributed by atoms with van der Waals surface area (Å²) in [5.41, 5.74) is 3.21. The van der Waals surface area contributed by atoms with Gasteiger partial charge in [0.1, 0.15) is 11.4 Å².